The number of aliphatic hydroxyl groups is 1. The van der Waals surface area contributed by atoms with E-state index in [2.05, 4.69) is 66.7 Å². The second kappa shape index (κ2) is 14.2. The molecule has 6 rings (SSSR count). The molecule has 265 valence electrons. The van der Waals surface area contributed by atoms with Gasteiger partial charge in [-0.2, -0.15) is 0 Å². The van der Waals surface area contributed by atoms with Gasteiger partial charge in [-0.1, -0.05) is 103 Å². The summed E-state index contributed by atoms with van der Waals surface area (Å²) in [4.78, 5) is 15.3. The van der Waals surface area contributed by atoms with Gasteiger partial charge in [-0.25, -0.2) is 15.0 Å². The Labute approximate surface area is 309 Å². The smallest absolute Gasteiger partial charge is 0.330 e. The van der Waals surface area contributed by atoms with Gasteiger partial charge in [0.15, 0.2) is 17.5 Å². The van der Waals surface area contributed by atoms with Crippen LogP contribution < -0.4 is 10.9 Å². The molecule has 1 aromatic heterocycles. The Morgan fingerprint density at radius 2 is 1.04 bits per heavy atom. The fourth-order valence-electron chi connectivity index (χ4n) is 5.79. The molecule has 1 heterocycles. The zero-order chi connectivity index (χ0) is 37.5. The van der Waals surface area contributed by atoms with E-state index in [1.165, 1.54) is 0 Å². The Hall–Kier alpha value is -4.40. The fraction of sp³-hybridized carbons (Fsp3) is 0.326. The second-order valence-electron chi connectivity index (χ2n) is 15.6. The average molecular weight is 692 g/mol. The number of nitrogens with zero attached hydrogens (tertiary/aromatic N) is 3. The van der Waals surface area contributed by atoms with Crippen LogP contribution in [0.15, 0.2) is 103 Å². The first-order chi connectivity index (χ1) is 24.5. The molecule has 0 amide bonds. The zero-order valence-corrected chi connectivity index (χ0v) is 32.0. The SMILES string of the molecule is COC(C)(C)C(C)(C)O[B]c1cc(B(C)OC(C)(C)C(C)(C)O)cc(-c2nc(-c3ccc4ccccc4c3)nc(-c3ccc4ccccc4c3)n2)c1. The van der Waals surface area contributed by atoms with Gasteiger partial charge >= 0.3 is 14.4 Å². The highest BCUT2D eigenvalue weighted by molar-refractivity contribution is 6.67. The summed E-state index contributed by atoms with van der Waals surface area (Å²) in [5.41, 5.74) is 1.12. The summed E-state index contributed by atoms with van der Waals surface area (Å²) in [6.07, 6.45) is 0. The Morgan fingerprint density at radius 3 is 1.52 bits per heavy atom. The first kappa shape index (κ1) is 37.4. The molecule has 6 aromatic rings. The lowest BCUT2D eigenvalue weighted by molar-refractivity contribution is -0.114. The number of ether oxygens (including phenoxy) is 1. The molecule has 0 atom stereocenters. The number of rotatable bonds is 12. The van der Waals surface area contributed by atoms with Gasteiger partial charge in [0.05, 0.1) is 22.4 Å². The minimum absolute atomic E-state index is 0.390. The van der Waals surface area contributed by atoms with Crippen LogP contribution in [0.2, 0.25) is 6.82 Å². The van der Waals surface area contributed by atoms with Crippen LogP contribution in [-0.4, -0.2) is 64.0 Å². The summed E-state index contributed by atoms with van der Waals surface area (Å²) < 4.78 is 18.8. The second-order valence-corrected chi connectivity index (χ2v) is 15.6. The van der Waals surface area contributed by atoms with E-state index in [1.807, 2.05) is 84.8 Å². The highest BCUT2D eigenvalue weighted by Gasteiger charge is 2.39. The van der Waals surface area contributed by atoms with Crippen molar-refractivity contribution in [2.24, 2.45) is 0 Å². The Bertz CT molecular complexity index is 2130. The summed E-state index contributed by atoms with van der Waals surface area (Å²) in [7, 11) is 3.45. The van der Waals surface area contributed by atoms with E-state index in [-0.39, 0.29) is 0 Å². The molecule has 1 N–H and O–H groups in total. The minimum Gasteiger partial charge on any atom is -0.427 e. The van der Waals surface area contributed by atoms with Crippen LogP contribution >= 0.6 is 0 Å². The van der Waals surface area contributed by atoms with Crippen molar-refractivity contribution in [3.63, 3.8) is 0 Å². The molecule has 0 aliphatic heterocycles. The van der Waals surface area contributed by atoms with Gasteiger partial charge < -0.3 is 19.2 Å². The molecule has 0 bridgehead atoms. The van der Waals surface area contributed by atoms with E-state index < -0.39 is 29.3 Å². The number of aromatic nitrogens is 3. The minimum atomic E-state index is -1.08. The summed E-state index contributed by atoms with van der Waals surface area (Å²) in [6.45, 7) is 16.9. The van der Waals surface area contributed by atoms with Crippen molar-refractivity contribution in [2.75, 3.05) is 7.11 Å². The van der Waals surface area contributed by atoms with Crippen molar-refractivity contribution in [1.82, 2.24) is 15.0 Å². The molecule has 0 saturated heterocycles. The third-order valence-corrected chi connectivity index (χ3v) is 10.8. The third kappa shape index (κ3) is 7.83. The molecule has 0 aliphatic rings. The number of benzene rings is 5. The maximum Gasteiger partial charge on any atom is 0.330 e. The first-order valence-corrected chi connectivity index (χ1v) is 17.8. The third-order valence-electron chi connectivity index (χ3n) is 10.8. The molecule has 52 heavy (non-hydrogen) atoms. The van der Waals surface area contributed by atoms with Crippen LogP contribution in [0.4, 0.5) is 0 Å². The standard InChI is InChI=1S/C43H48B2N3O4/c1-40(2,49)41(3,4)52-45(9)36-26-34(25-35(27-36)44-51-43(7,8)42(5,6)50-10)39-47-37(32-21-19-28-15-11-13-17-30(28)23-32)46-38(48-39)33-22-20-29-16-12-14-18-31(29)24-33/h11-27,49H,1-10H3. The van der Waals surface area contributed by atoms with E-state index in [0.717, 1.165) is 49.2 Å². The molecular weight excluding hydrogens is 644 g/mol. The predicted molar refractivity (Wildman–Crippen MR) is 216 cm³/mol. The Kier molecular flexibility index (Phi) is 10.2. The highest BCUT2D eigenvalue weighted by atomic mass is 16.5. The van der Waals surface area contributed by atoms with Crippen LogP contribution in [-0.2, 0) is 14.0 Å². The normalized spacial score (nSPS) is 12.8. The van der Waals surface area contributed by atoms with Gasteiger partial charge in [-0.05, 0) is 94.5 Å². The highest BCUT2D eigenvalue weighted by Crippen LogP contribution is 2.31. The zero-order valence-electron chi connectivity index (χ0n) is 32.0. The quantitative estimate of drug-likeness (QED) is 0.130. The summed E-state index contributed by atoms with van der Waals surface area (Å²) in [6, 6.07) is 35.2. The van der Waals surface area contributed by atoms with Crippen molar-refractivity contribution in [2.45, 2.75) is 84.6 Å². The summed E-state index contributed by atoms with van der Waals surface area (Å²) >= 11 is 0. The molecule has 0 saturated carbocycles. The lowest BCUT2D eigenvalue weighted by atomic mass is 9.60. The van der Waals surface area contributed by atoms with Crippen molar-refractivity contribution < 1.29 is 19.2 Å². The first-order valence-electron chi connectivity index (χ1n) is 17.8. The maximum atomic E-state index is 10.9. The van der Waals surface area contributed by atoms with Crippen molar-refractivity contribution in [3.05, 3.63) is 103 Å². The molecule has 7 nitrogen and oxygen atoms in total. The molecular formula is C43H48B2N3O4. The van der Waals surface area contributed by atoms with Crippen LogP contribution in [0.1, 0.15) is 55.4 Å². The summed E-state index contributed by atoms with van der Waals surface area (Å²) in [5.74, 6) is 1.66. The van der Waals surface area contributed by atoms with Crippen molar-refractivity contribution in [1.29, 1.82) is 0 Å². The fourth-order valence-corrected chi connectivity index (χ4v) is 5.79. The number of hydrogen-bond donors (Lipinski definition) is 1. The summed E-state index contributed by atoms with van der Waals surface area (Å²) in [5, 5.41) is 15.4. The van der Waals surface area contributed by atoms with Gasteiger partial charge in [-0.15, -0.1) is 0 Å². The van der Waals surface area contributed by atoms with Crippen LogP contribution in [0.5, 0.6) is 0 Å². The maximum absolute atomic E-state index is 10.9. The molecule has 0 spiro atoms. The average Bonchev–Trinajstić information content (AvgIpc) is 3.12. The van der Waals surface area contributed by atoms with Crippen molar-refractivity contribution in [3.8, 4) is 34.2 Å². The van der Waals surface area contributed by atoms with E-state index in [9.17, 15) is 5.11 Å². The number of hydrogen-bond acceptors (Lipinski definition) is 7. The monoisotopic (exact) mass is 692 g/mol. The Morgan fingerprint density at radius 1 is 0.558 bits per heavy atom. The van der Waals surface area contributed by atoms with Crippen LogP contribution in [0.3, 0.4) is 0 Å². The van der Waals surface area contributed by atoms with Crippen molar-refractivity contribution >= 4 is 46.9 Å². The van der Waals surface area contributed by atoms with Gasteiger partial charge in [0.25, 0.3) is 0 Å². The Balaban J connectivity index is 1.51. The lowest BCUT2D eigenvalue weighted by Gasteiger charge is -2.40. The number of fused-ring (bicyclic) bond motifs is 2. The van der Waals surface area contributed by atoms with E-state index in [0.29, 0.717) is 17.5 Å². The molecule has 9 heteroatoms. The largest absolute Gasteiger partial charge is 0.427 e. The van der Waals surface area contributed by atoms with Gasteiger partial charge in [-0.3, -0.25) is 0 Å². The molecule has 0 unspecified atom stereocenters. The lowest BCUT2D eigenvalue weighted by Crippen LogP contribution is -2.52. The van der Waals surface area contributed by atoms with E-state index >= 15 is 0 Å². The number of methoxy groups -OCH3 is 1. The van der Waals surface area contributed by atoms with Gasteiger partial charge in [0, 0.05) is 23.8 Å². The topological polar surface area (TPSA) is 86.6 Å². The van der Waals surface area contributed by atoms with Crippen LogP contribution in [0, 0.1) is 0 Å². The molecule has 1 radical (unpaired) electrons. The van der Waals surface area contributed by atoms with E-state index in [1.54, 1.807) is 28.4 Å². The van der Waals surface area contributed by atoms with E-state index in [4.69, 9.17) is 29.0 Å². The predicted octanol–water partition coefficient (Wildman–Crippen LogP) is 8.04. The molecule has 0 fully saturated rings. The molecule has 0 aliphatic carbocycles. The molecule has 5 aromatic carbocycles. The van der Waals surface area contributed by atoms with Gasteiger partial charge in [0.1, 0.15) is 0 Å². The van der Waals surface area contributed by atoms with Crippen LogP contribution in [0.25, 0.3) is 55.7 Å². The van der Waals surface area contributed by atoms with Gasteiger partial charge in [0.2, 0.25) is 0 Å².